The smallest absolute Gasteiger partial charge is 0.369 e. The van der Waals surface area contributed by atoms with Crippen LogP contribution in [0.3, 0.4) is 0 Å². The largest absolute Gasteiger partial charge is 0.416 e. The number of benzene rings is 3. The van der Waals surface area contributed by atoms with Crippen molar-refractivity contribution in [1.29, 1.82) is 0 Å². The number of nitrogens with zero attached hydrogens (tertiary/aromatic N) is 1. The molecule has 1 aliphatic rings. The van der Waals surface area contributed by atoms with Crippen molar-refractivity contribution in [3.8, 4) is 0 Å². The van der Waals surface area contributed by atoms with Gasteiger partial charge in [-0.2, -0.15) is 26.3 Å². The molecular formula is C29H25ClF6N4O3. The summed E-state index contributed by atoms with van der Waals surface area (Å²) in [5.41, 5.74) is 5.05. The van der Waals surface area contributed by atoms with Crippen LogP contribution in [0.4, 0.5) is 43.4 Å². The lowest BCUT2D eigenvalue weighted by molar-refractivity contribution is -0.144. The molecule has 3 amide bonds. The fraction of sp³-hybridized carbons (Fsp3) is 0.276. The molecule has 0 bridgehead atoms. The highest BCUT2D eigenvalue weighted by molar-refractivity contribution is 6.34. The SMILES string of the molecule is NC(=O)C(c1ccccc1)C(CCC(F)(F)F)C(=O)N[C@H]1CN(c2cccc(C(F)(F)F)c2)c2cccc(Cl)c2NC1=O. The quantitative estimate of drug-likeness (QED) is 0.261. The lowest BCUT2D eigenvalue weighted by Gasteiger charge is -2.30. The Morgan fingerprint density at radius 1 is 1.00 bits per heavy atom. The molecule has 0 aliphatic carbocycles. The zero-order chi connectivity index (χ0) is 31.5. The fourth-order valence-corrected chi connectivity index (χ4v) is 5.16. The van der Waals surface area contributed by atoms with Gasteiger partial charge >= 0.3 is 12.4 Å². The van der Waals surface area contributed by atoms with Crippen LogP contribution in [0.15, 0.2) is 72.8 Å². The molecular weight excluding hydrogens is 602 g/mol. The van der Waals surface area contributed by atoms with Crippen LogP contribution in [0.2, 0.25) is 5.02 Å². The Labute approximate surface area is 247 Å². The van der Waals surface area contributed by atoms with E-state index in [2.05, 4.69) is 10.6 Å². The third-order valence-electron chi connectivity index (χ3n) is 6.96. The van der Waals surface area contributed by atoms with Gasteiger partial charge in [-0.15, -0.1) is 0 Å². The number of carbonyl (C=O) groups excluding carboxylic acids is 3. The second-order valence-electron chi connectivity index (χ2n) is 9.89. The second kappa shape index (κ2) is 12.5. The van der Waals surface area contributed by atoms with Crippen molar-refractivity contribution >= 4 is 46.4 Å². The molecule has 0 aromatic heterocycles. The Morgan fingerprint density at radius 3 is 2.30 bits per heavy atom. The molecule has 228 valence electrons. The number of hydrogen-bond acceptors (Lipinski definition) is 4. The van der Waals surface area contributed by atoms with Crippen LogP contribution in [0, 0.1) is 5.92 Å². The molecule has 0 saturated heterocycles. The molecule has 43 heavy (non-hydrogen) atoms. The Morgan fingerprint density at radius 2 is 1.67 bits per heavy atom. The Kier molecular flexibility index (Phi) is 9.24. The predicted octanol–water partition coefficient (Wildman–Crippen LogP) is 6.16. The molecule has 3 aromatic carbocycles. The lowest BCUT2D eigenvalue weighted by atomic mass is 9.81. The normalized spacial score (nSPS) is 16.9. The van der Waals surface area contributed by atoms with Gasteiger partial charge in [-0.25, -0.2) is 0 Å². The first-order valence-corrected chi connectivity index (χ1v) is 13.3. The number of primary amides is 1. The molecule has 0 spiro atoms. The van der Waals surface area contributed by atoms with E-state index in [0.717, 1.165) is 12.1 Å². The summed E-state index contributed by atoms with van der Waals surface area (Å²) in [5, 5.41) is 5.02. The van der Waals surface area contributed by atoms with Crippen LogP contribution in [-0.4, -0.2) is 36.5 Å². The molecule has 1 aliphatic heterocycles. The van der Waals surface area contributed by atoms with Crippen molar-refractivity contribution in [2.24, 2.45) is 11.7 Å². The van der Waals surface area contributed by atoms with Gasteiger partial charge in [0.05, 0.1) is 40.3 Å². The van der Waals surface area contributed by atoms with Gasteiger partial charge in [0.15, 0.2) is 0 Å². The number of nitrogens with two attached hydrogens (primary N) is 1. The number of halogens is 7. The molecule has 0 fully saturated rings. The summed E-state index contributed by atoms with van der Waals surface area (Å²) in [6.45, 7) is -0.426. The summed E-state index contributed by atoms with van der Waals surface area (Å²) in [6, 6.07) is 14.7. The Bertz CT molecular complexity index is 1500. The third kappa shape index (κ3) is 7.58. The number of para-hydroxylation sites is 1. The first-order valence-electron chi connectivity index (χ1n) is 12.9. The maximum atomic E-state index is 13.6. The number of fused-ring (bicyclic) bond motifs is 1. The number of rotatable bonds is 8. The van der Waals surface area contributed by atoms with Gasteiger partial charge in [0.2, 0.25) is 17.7 Å². The summed E-state index contributed by atoms with van der Waals surface area (Å²) in [6.07, 6.45) is -11.6. The average molecular weight is 627 g/mol. The van der Waals surface area contributed by atoms with Crippen LogP contribution in [0.25, 0.3) is 0 Å². The van der Waals surface area contributed by atoms with E-state index in [1.54, 1.807) is 6.07 Å². The number of nitrogens with one attached hydrogen (secondary N) is 2. The average Bonchev–Trinajstić information content (AvgIpc) is 3.07. The Balaban J connectivity index is 1.73. The van der Waals surface area contributed by atoms with Crippen molar-refractivity contribution < 1.29 is 40.7 Å². The molecule has 1 heterocycles. The van der Waals surface area contributed by atoms with Crippen molar-refractivity contribution in [3.05, 3.63) is 88.9 Å². The first-order chi connectivity index (χ1) is 20.2. The van der Waals surface area contributed by atoms with Gasteiger partial charge in [0.25, 0.3) is 0 Å². The number of amides is 3. The van der Waals surface area contributed by atoms with Crippen molar-refractivity contribution in [2.75, 3.05) is 16.8 Å². The van der Waals surface area contributed by atoms with Crippen LogP contribution in [-0.2, 0) is 20.6 Å². The molecule has 2 unspecified atom stereocenters. The molecule has 3 atom stereocenters. The van der Waals surface area contributed by atoms with Gasteiger partial charge in [0.1, 0.15) is 6.04 Å². The molecule has 4 N–H and O–H groups in total. The van der Waals surface area contributed by atoms with Crippen LogP contribution >= 0.6 is 11.6 Å². The fourth-order valence-electron chi connectivity index (χ4n) is 4.94. The van der Waals surface area contributed by atoms with E-state index >= 15 is 0 Å². The number of hydrogen-bond donors (Lipinski definition) is 3. The highest BCUT2D eigenvalue weighted by atomic mass is 35.5. The van der Waals surface area contributed by atoms with E-state index in [9.17, 15) is 40.7 Å². The first kappa shape index (κ1) is 31.7. The highest BCUT2D eigenvalue weighted by Crippen LogP contribution is 2.41. The molecule has 0 radical (unpaired) electrons. The second-order valence-corrected chi connectivity index (χ2v) is 10.3. The summed E-state index contributed by atoms with van der Waals surface area (Å²) >= 11 is 6.30. The van der Waals surface area contributed by atoms with Gasteiger partial charge in [-0.1, -0.05) is 54.1 Å². The summed E-state index contributed by atoms with van der Waals surface area (Å²) in [5.74, 6) is -6.06. The number of carbonyl (C=O) groups is 3. The molecule has 14 heteroatoms. The van der Waals surface area contributed by atoms with Crippen molar-refractivity contribution in [1.82, 2.24) is 5.32 Å². The zero-order valence-electron chi connectivity index (χ0n) is 22.2. The standard InChI is InChI=1S/C29H25ClF6N4O3/c30-20-10-5-11-22-24(20)39-27(43)21(15-40(22)18-9-4-8-17(14-18)29(34,35)36)38-26(42)19(12-13-28(31,32)33)23(25(37)41)16-6-2-1-3-7-16/h1-11,14,19,21,23H,12-13,15H2,(H2,37,41)(H,38,42)(H,39,43)/t19?,21-,23?/m0/s1. The maximum absolute atomic E-state index is 13.6. The highest BCUT2D eigenvalue weighted by Gasteiger charge is 2.40. The van der Waals surface area contributed by atoms with E-state index < -0.39 is 72.9 Å². The van der Waals surface area contributed by atoms with Gasteiger partial charge in [-0.05, 0) is 42.3 Å². The van der Waals surface area contributed by atoms with E-state index in [4.69, 9.17) is 17.3 Å². The summed E-state index contributed by atoms with van der Waals surface area (Å²) in [7, 11) is 0. The van der Waals surface area contributed by atoms with Crippen LogP contribution in [0.5, 0.6) is 0 Å². The molecule has 3 aromatic rings. The Hall–Kier alpha value is -4.26. The molecule has 7 nitrogen and oxygen atoms in total. The monoisotopic (exact) mass is 626 g/mol. The van der Waals surface area contributed by atoms with E-state index in [1.165, 1.54) is 59.5 Å². The number of anilines is 3. The minimum Gasteiger partial charge on any atom is -0.369 e. The summed E-state index contributed by atoms with van der Waals surface area (Å²) < 4.78 is 80.4. The van der Waals surface area contributed by atoms with Crippen molar-refractivity contribution in [2.45, 2.75) is 37.2 Å². The van der Waals surface area contributed by atoms with E-state index in [-0.39, 0.29) is 27.6 Å². The van der Waals surface area contributed by atoms with Gasteiger partial charge in [0, 0.05) is 12.1 Å². The predicted molar refractivity (Wildman–Crippen MR) is 148 cm³/mol. The minimum absolute atomic E-state index is 0.00186. The van der Waals surface area contributed by atoms with Gasteiger partial charge < -0.3 is 21.3 Å². The maximum Gasteiger partial charge on any atom is 0.416 e. The van der Waals surface area contributed by atoms with Crippen LogP contribution < -0.4 is 21.3 Å². The van der Waals surface area contributed by atoms with Crippen LogP contribution in [0.1, 0.15) is 29.9 Å². The molecule has 0 saturated carbocycles. The lowest BCUT2D eigenvalue weighted by Crippen LogP contribution is -2.51. The molecule has 4 rings (SSSR count). The van der Waals surface area contributed by atoms with Crippen molar-refractivity contribution in [3.63, 3.8) is 0 Å². The summed E-state index contributed by atoms with van der Waals surface area (Å²) in [4.78, 5) is 40.7. The number of alkyl halides is 6. The topological polar surface area (TPSA) is 105 Å². The third-order valence-corrected chi connectivity index (χ3v) is 7.27. The van der Waals surface area contributed by atoms with E-state index in [0.29, 0.717) is 0 Å². The van der Waals surface area contributed by atoms with E-state index in [1.807, 2.05) is 0 Å². The minimum atomic E-state index is -4.69. The van der Waals surface area contributed by atoms with Gasteiger partial charge in [-0.3, -0.25) is 14.4 Å². The zero-order valence-corrected chi connectivity index (χ0v) is 22.9.